The third kappa shape index (κ3) is 4.33. The maximum atomic E-state index is 12.8. The van der Waals surface area contributed by atoms with Crippen molar-refractivity contribution < 1.29 is 13.9 Å². The van der Waals surface area contributed by atoms with E-state index in [0.717, 1.165) is 42.4 Å². The molecule has 1 aromatic carbocycles. The molecule has 1 aliphatic rings. The van der Waals surface area contributed by atoms with E-state index < -0.39 is 6.10 Å². The first-order valence-corrected chi connectivity index (χ1v) is 9.52. The number of hydrogen-bond acceptors (Lipinski definition) is 5. The molecule has 0 saturated carbocycles. The first-order valence-electron chi connectivity index (χ1n) is 9.52. The van der Waals surface area contributed by atoms with Gasteiger partial charge in [0.15, 0.2) is 6.10 Å². The van der Waals surface area contributed by atoms with Crippen LogP contribution >= 0.6 is 12.4 Å². The number of carbonyl (C=O) groups is 1. The van der Waals surface area contributed by atoms with E-state index in [9.17, 15) is 9.59 Å². The van der Waals surface area contributed by atoms with Gasteiger partial charge in [0.1, 0.15) is 11.3 Å². The average molecular weight is 409 g/mol. The number of nitrogens with two attached hydrogens (primary N) is 1. The zero-order valence-corrected chi connectivity index (χ0v) is 17.7. The van der Waals surface area contributed by atoms with Gasteiger partial charge in [0.25, 0.3) is 5.91 Å². The zero-order chi connectivity index (χ0) is 19.7. The van der Waals surface area contributed by atoms with Crippen LogP contribution in [0.4, 0.5) is 0 Å². The summed E-state index contributed by atoms with van der Waals surface area (Å²) in [4.78, 5) is 26.7. The van der Waals surface area contributed by atoms with Gasteiger partial charge in [-0.3, -0.25) is 4.79 Å². The van der Waals surface area contributed by atoms with Crippen LogP contribution in [0.15, 0.2) is 21.3 Å². The van der Waals surface area contributed by atoms with E-state index in [1.54, 1.807) is 13.8 Å². The van der Waals surface area contributed by atoms with Crippen molar-refractivity contribution in [1.29, 1.82) is 0 Å². The number of halogens is 1. The van der Waals surface area contributed by atoms with Crippen molar-refractivity contribution in [2.45, 2.75) is 46.6 Å². The lowest BCUT2D eigenvalue weighted by atomic mass is 9.97. The Morgan fingerprint density at radius 3 is 2.50 bits per heavy atom. The van der Waals surface area contributed by atoms with Crippen molar-refractivity contribution in [3.63, 3.8) is 0 Å². The number of hydrogen-bond donors (Lipinski definition) is 1. The third-order valence-corrected chi connectivity index (χ3v) is 5.57. The maximum absolute atomic E-state index is 12.8. The molecule has 1 aliphatic heterocycles. The molecule has 0 spiro atoms. The van der Waals surface area contributed by atoms with Gasteiger partial charge in [-0.1, -0.05) is 0 Å². The Balaban J connectivity index is 0.00000280. The first-order chi connectivity index (χ1) is 12.8. The Hall–Kier alpha value is -2.05. The van der Waals surface area contributed by atoms with E-state index in [2.05, 4.69) is 0 Å². The molecule has 1 fully saturated rings. The molecule has 0 bridgehead atoms. The molecule has 1 unspecified atom stereocenters. The maximum Gasteiger partial charge on any atom is 0.339 e. The summed E-state index contributed by atoms with van der Waals surface area (Å²) < 4.78 is 11.5. The van der Waals surface area contributed by atoms with Crippen molar-refractivity contribution in [2.75, 3.05) is 19.6 Å². The molecule has 0 aliphatic carbocycles. The Kier molecular flexibility index (Phi) is 7.12. The van der Waals surface area contributed by atoms with Crippen LogP contribution in [0.5, 0.6) is 5.75 Å². The van der Waals surface area contributed by atoms with Gasteiger partial charge in [-0.2, -0.15) is 0 Å². The molecule has 1 atom stereocenters. The Morgan fingerprint density at radius 2 is 1.89 bits per heavy atom. The molecule has 2 aromatic rings. The molecule has 2 heterocycles. The molecule has 0 radical (unpaired) electrons. The lowest BCUT2D eigenvalue weighted by molar-refractivity contribution is -0.139. The molecular weight excluding hydrogens is 380 g/mol. The van der Waals surface area contributed by atoms with E-state index in [1.807, 2.05) is 30.9 Å². The Labute approximate surface area is 171 Å². The van der Waals surface area contributed by atoms with Gasteiger partial charge in [0.05, 0.1) is 5.39 Å². The predicted octanol–water partition coefficient (Wildman–Crippen LogP) is 3.10. The minimum Gasteiger partial charge on any atom is -0.480 e. The number of carbonyl (C=O) groups excluding carboxylic acids is 1. The molecule has 1 aromatic heterocycles. The van der Waals surface area contributed by atoms with Crippen molar-refractivity contribution in [3.8, 4) is 5.75 Å². The monoisotopic (exact) mass is 408 g/mol. The Bertz CT molecular complexity index is 917. The van der Waals surface area contributed by atoms with Gasteiger partial charge >= 0.3 is 5.63 Å². The van der Waals surface area contributed by atoms with E-state index in [1.165, 1.54) is 0 Å². The number of nitrogens with zero attached hydrogens (tertiary/aromatic N) is 1. The molecule has 7 heteroatoms. The number of ether oxygens (including phenoxy) is 1. The lowest BCUT2D eigenvalue weighted by Gasteiger charge is -2.33. The van der Waals surface area contributed by atoms with E-state index in [-0.39, 0.29) is 23.9 Å². The molecule has 2 N–H and O–H groups in total. The summed E-state index contributed by atoms with van der Waals surface area (Å²) in [5.74, 6) is 1.05. The summed E-state index contributed by atoms with van der Waals surface area (Å²) in [5.41, 5.74) is 8.16. The minimum absolute atomic E-state index is 0. The van der Waals surface area contributed by atoms with Crippen molar-refractivity contribution >= 4 is 29.3 Å². The van der Waals surface area contributed by atoms with Crippen LogP contribution in [0.25, 0.3) is 11.0 Å². The fourth-order valence-corrected chi connectivity index (χ4v) is 3.67. The molecule has 6 nitrogen and oxygen atoms in total. The lowest BCUT2D eigenvalue weighted by Crippen LogP contribution is -2.45. The normalized spacial score (nSPS) is 16.0. The minimum atomic E-state index is -0.615. The van der Waals surface area contributed by atoms with E-state index >= 15 is 0 Å². The summed E-state index contributed by atoms with van der Waals surface area (Å²) in [6, 6.07) is 3.71. The SMILES string of the molecule is Cc1cc(OC(C)C(=O)N2CCC(CN)CC2)c2c(C)c(C)c(=O)oc2c1.Cl. The van der Waals surface area contributed by atoms with Gasteiger partial charge in [-0.15, -0.1) is 12.4 Å². The van der Waals surface area contributed by atoms with Crippen LogP contribution < -0.4 is 16.1 Å². The largest absolute Gasteiger partial charge is 0.480 e. The number of rotatable bonds is 4. The third-order valence-electron chi connectivity index (χ3n) is 5.57. The standard InChI is InChI=1S/C21H28N2O4.ClH/c1-12-9-17(19-13(2)14(3)21(25)27-18(19)10-12)26-15(4)20(24)23-7-5-16(11-22)6-8-23;/h9-10,15-16H,5-8,11,22H2,1-4H3;1H. The number of aryl methyl sites for hydroxylation is 2. The number of fused-ring (bicyclic) bond motifs is 1. The van der Waals surface area contributed by atoms with Crippen LogP contribution in [0, 0.1) is 26.7 Å². The molecule has 1 saturated heterocycles. The molecule has 154 valence electrons. The number of likely N-dealkylation sites (tertiary alicyclic amines) is 1. The van der Waals surface area contributed by atoms with E-state index in [4.69, 9.17) is 14.9 Å². The van der Waals surface area contributed by atoms with Crippen molar-refractivity contribution in [2.24, 2.45) is 11.7 Å². The highest BCUT2D eigenvalue weighted by atomic mass is 35.5. The Morgan fingerprint density at radius 1 is 1.25 bits per heavy atom. The van der Waals surface area contributed by atoms with E-state index in [0.29, 0.717) is 29.4 Å². The molecular formula is C21H29ClN2O4. The summed E-state index contributed by atoms with van der Waals surface area (Å²) in [7, 11) is 0. The molecule has 28 heavy (non-hydrogen) atoms. The second-order valence-corrected chi connectivity index (χ2v) is 7.54. The first kappa shape index (κ1) is 22.2. The van der Waals surface area contributed by atoms with Crippen LogP contribution in [-0.4, -0.2) is 36.5 Å². The van der Waals surface area contributed by atoms with Gasteiger partial charge in [-0.05, 0) is 76.3 Å². The highest BCUT2D eigenvalue weighted by molar-refractivity contribution is 5.89. The highest BCUT2D eigenvalue weighted by Gasteiger charge is 2.27. The van der Waals surface area contributed by atoms with Crippen molar-refractivity contribution in [1.82, 2.24) is 4.90 Å². The number of benzene rings is 1. The van der Waals surface area contributed by atoms with Crippen LogP contribution in [0.3, 0.4) is 0 Å². The number of piperidine rings is 1. The zero-order valence-electron chi connectivity index (χ0n) is 16.9. The van der Waals surface area contributed by atoms with Gasteiger partial charge in [-0.25, -0.2) is 4.79 Å². The van der Waals surface area contributed by atoms with Crippen LogP contribution in [0.1, 0.15) is 36.5 Å². The second kappa shape index (κ2) is 8.97. The highest BCUT2D eigenvalue weighted by Crippen LogP contribution is 2.32. The van der Waals surface area contributed by atoms with Gasteiger partial charge in [0.2, 0.25) is 0 Å². The van der Waals surface area contributed by atoms with Crippen LogP contribution in [-0.2, 0) is 4.79 Å². The molecule has 1 amide bonds. The average Bonchev–Trinajstić information content (AvgIpc) is 2.65. The topological polar surface area (TPSA) is 85.8 Å². The van der Waals surface area contributed by atoms with Gasteiger partial charge < -0.3 is 19.8 Å². The summed E-state index contributed by atoms with van der Waals surface area (Å²) in [6.07, 6.45) is 1.26. The smallest absolute Gasteiger partial charge is 0.339 e. The molecule has 3 rings (SSSR count). The predicted molar refractivity (Wildman–Crippen MR) is 112 cm³/mol. The van der Waals surface area contributed by atoms with Gasteiger partial charge in [0, 0.05) is 18.7 Å². The number of amides is 1. The quantitative estimate of drug-likeness (QED) is 0.785. The summed E-state index contributed by atoms with van der Waals surface area (Å²) in [5, 5.41) is 0.749. The fraction of sp³-hybridized carbons (Fsp3) is 0.524. The summed E-state index contributed by atoms with van der Waals surface area (Å²) in [6.45, 7) is 9.40. The fourth-order valence-electron chi connectivity index (χ4n) is 3.67. The second-order valence-electron chi connectivity index (χ2n) is 7.54. The van der Waals surface area contributed by atoms with Crippen LogP contribution in [0.2, 0.25) is 0 Å². The summed E-state index contributed by atoms with van der Waals surface area (Å²) >= 11 is 0. The van der Waals surface area contributed by atoms with Crippen molar-refractivity contribution in [3.05, 3.63) is 39.2 Å².